The molecule has 2 heteroatoms. The van der Waals surface area contributed by atoms with Gasteiger partial charge < -0.3 is 4.90 Å². The first-order chi connectivity index (χ1) is 7.58. The quantitative estimate of drug-likeness (QED) is 0.604. The first kappa shape index (κ1) is 13.5. The largest absolute Gasteiger partial charge is 0.338 e. The molecule has 0 aliphatic carbocycles. The molecule has 16 heavy (non-hydrogen) atoms. The summed E-state index contributed by atoms with van der Waals surface area (Å²) in [6.45, 7) is 7.65. The SMILES string of the molecule is CCCCCCCC(C)(C)N1CCCC1=O. The van der Waals surface area contributed by atoms with Gasteiger partial charge in [-0.3, -0.25) is 4.79 Å². The Morgan fingerprint density at radius 2 is 1.88 bits per heavy atom. The second kappa shape index (κ2) is 6.27. The van der Waals surface area contributed by atoms with E-state index in [0.29, 0.717) is 5.91 Å². The molecule has 0 aromatic heterocycles. The number of unbranched alkanes of at least 4 members (excludes halogenated alkanes) is 4. The lowest BCUT2D eigenvalue weighted by molar-refractivity contribution is -0.132. The topological polar surface area (TPSA) is 20.3 Å². The van der Waals surface area contributed by atoms with Crippen LogP contribution in [0.3, 0.4) is 0 Å². The first-order valence-corrected chi connectivity index (χ1v) is 6.88. The van der Waals surface area contributed by atoms with Crippen LogP contribution in [0.15, 0.2) is 0 Å². The second-order valence-electron chi connectivity index (χ2n) is 5.63. The smallest absolute Gasteiger partial charge is 0.223 e. The lowest BCUT2D eigenvalue weighted by Crippen LogP contribution is -2.44. The maximum atomic E-state index is 11.7. The molecule has 0 bridgehead atoms. The standard InChI is InChI=1S/C14H27NO/c1-4-5-6-7-8-11-14(2,3)15-12-9-10-13(15)16/h4-12H2,1-3H3. The molecule has 94 valence electrons. The molecule has 0 saturated carbocycles. The van der Waals surface area contributed by atoms with Gasteiger partial charge in [0, 0.05) is 18.5 Å². The van der Waals surface area contributed by atoms with E-state index in [1.165, 1.54) is 32.1 Å². The van der Waals surface area contributed by atoms with Gasteiger partial charge in [-0.05, 0) is 26.7 Å². The third-order valence-corrected chi connectivity index (χ3v) is 3.70. The summed E-state index contributed by atoms with van der Waals surface area (Å²) in [6, 6.07) is 0. The molecule has 0 radical (unpaired) electrons. The van der Waals surface area contributed by atoms with Gasteiger partial charge in [0.2, 0.25) is 5.91 Å². The van der Waals surface area contributed by atoms with Crippen molar-refractivity contribution in [3.05, 3.63) is 0 Å². The van der Waals surface area contributed by atoms with Crippen LogP contribution in [0.2, 0.25) is 0 Å². The predicted octanol–water partition coefficient (Wildman–Crippen LogP) is 3.75. The fourth-order valence-corrected chi connectivity index (χ4v) is 2.58. The Labute approximate surface area is 100 Å². The summed E-state index contributed by atoms with van der Waals surface area (Å²) in [6.07, 6.45) is 9.55. The maximum Gasteiger partial charge on any atom is 0.223 e. The molecule has 2 nitrogen and oxygen atoms in total. The Morgan fingerprint density at radius 1 is 1.19 bits per heavy atom. The highest BCUT2D eigenvalue weighted by Gasteiger charge is 2.33. The number of carbonyl (C=O) groups excluding carboxylic acids is 1. The van der Waals surface area contributed by atoms with E-state index in [4.69, 9.17) is 0 Å². The van der Waals surface area contributed by atoms with Gasteiger partial charge >= 0.3 is 0 Å². The van der Waals surface area contributed by atoms with Gasteiger partial charge in [0.25, 0.3) is 0 Å². The van der Waals surface area contributed by atoms with Crippen molar-refractivity contribution in [3.8, 4) is 0 Å². The molecule has 0 aromatic rings. The van der Waals surface area contributed by atoms with Crippen molar-refractivity contribution in [2.45, 2.75) is 77.7 Å². The summed E-state index contributed by atoms with van der Waals surface area (Å²) in [5.74, 6) is 0.360. The molecule has 1 aliphatic rings. The second-order valence-corrected chi connectivity index (χ2v) is 5.63. The molecule has 1 aliphatic heterocycles. The normalized spacial score (nSPS) is 17.2. The van der Waals surface area contributed by atoms with Crippen LogP contribution < -0.4 is 0 Å². The van der Waals surface area contributed by atoms with Crippen LogP contribution in [0, 0.1) is 0 Å². The van der Waals surface area contributed by atoms with Crippen LogP contribution >= 0.6 is 0 Å². The third-order valence-electron chi connectivity index (χ3n) is 3.70. The van der Waals surface area contributed by atoms with E-state index in [9.17, 15) is 4.79 Å². The van der Waals surface area contributed by atoms with Gasteiger partial charge in [-0.15, -0.1) is 0 Å². The van der Waals surface area contributed by atoms with E-state index < -0.39 is 0 Å². The number of carbonyl (C=O) groups is 1. The minimum atomic E-state index is 0.0831. The van der Waals surface area contributed by atoms with E-state index >= 15 is 0 Å². The Hall–Kier alpha value is -0.530. The monoisotopic (exact) mass is 225 g/mol. The Morgan fingerprint density at radius 3 is 2.44 bits per heavy atom. The molecule has 0 aromatic carbocycles. The lowest BCUT2D eigenvalue weighted by atomic mass is 9.94. The minimum absolute atomic E-state index is 0.0831. The molecule has 1 amide bonds. The van der Waals surface area contributed by atoms with Gasteiger partial charge in [0.1, 0.15) is 0 Å². The van der Waals surface area contributed by atoms with Gasteiger partial charge in [-0.1, -0.05) is 39.0 Å². The van der Waals surface area contributed by atoms with E-state index in [1.807, 2.05) is 0 Å². The van der Waals surface area contributed by atoms with Gasteiger partial charge in [0.05, 0.1) is 0 Å². The maximum absolute atomic E-state index is 11.7. The minimum Gasteiger partial charge on any atom is -0.338 e. The Bertz CT molecular complexity index is 223. The number of hydrogen-bond acceptors (Lipinski definition) is 1. The zero-order chi connectivity index (χ0) is 12.0. The average Bonchev–Trinajstić information content (AvgIpc) is 2.65. The van der Waals surface area contributed by atoms with Crippen molar-refractivity contribution < 1.29 is 4.79 Å². The van der Waals surface area contributed by atoms with Crippen LogP contribution in [0.4, 0.5) is 0 Å². The molecule has 1 fully saturated rings. The summed E-state index contributed by atoms with van der Waals surface area (Å²) < 4.78 is 0. The molecule has 1 saturated heterocycles. The van der Waals surface area contributed by atoms with Crippen LogP contribution in [-0.4, -0.2) is 22.9 Å². The van der Waals surface area contributed by atoms with E-state index in [0.717, 1.165) is 25.8 Å². The molecular weight excluding hydrogens is 198 g/mol. The zero-order valence-corrected chi connectivity index (χ0v) is 11.2. The van der Waals surface area contributed by atoms with Crippen molar-refractivity contribution in [3.63, 3.8) is 0 Å². The fraction of sp³-hybridized carbons (Fsp3) is 0.929. The average molecular weight is 225 g/mol. The van der Waals surface area contributed by atoms with Crippen LogP contribution in [0.1, 0.15) is 72.1 Å². The van der Waals surface area contributed by atoms with Crippen molar-refractivity contribution in [1.82, 2.24) is 4.90 Å². The van der Waals surface area contributed by atoms with Crippen molar-refractivity contribution in [1.29, 1.82) is 0 Å². The summed E-state index contributed by atoms with van der Waals surface area (Å²) in [5.41, 5.74) is 0.0831. The molecule has 1 rings (SSSR count). The van der Waals surface area contributed by atoms with Crippen LogP contribution in [0.25, 0.3) is 0 Å². The number of likely N-dealkylation sites (tertiary alicyclic amines) is 1. The summed E-state index contributed by atoms with van der Waals surface area (Å²) in [7, 11) is 0. The number of hydrogen-bond donors (Lipinski definition) is 0. The third kappa shape index (κ3) is 3.80. The van der Waals surface area contributed by atoms with Gasteiger partial charge in [-0.2, -0.15) is 0 Å². The molecular formula is C14H27NO. The highest BCUT2D eigenvalue weighted by molar-refractivity contribution is 5.78. The Kier molecular flexibility index (Phi) is 5.30. The molecule has 0 unspecified atom stereocenters. The van der Waals surface area contributed by atoms with E-state index in [2.05, 4.69) is 25.7 Å². The molecule has 0 N–H and O–H groups in total. The van der Waals surface area contributed by atoms with Crippen molar-refractivity contribution >= 4 is 5.91 Å². The number of nitrogens with zero attached hydrogens (tertiary/aromatic N) is 1. The van der Waals surface area contributed by atoms with Crippen molar-refractivity contribution in [2.75, 3.05) is 6.54 Å². The molecule has 0 atom stereocenters. The highest BCUT2D eigenvalue weighted by atomic mass is 16.2. The van der Waals surface area contributed by atoms with Crippen molar-refractivity contribution in [2.24, 2.45) is 0 Å². The van der Waals surface area contributed by atoms with E-state index in [-0.39, 0.29) is 5.54 Å². The van der Waals surface area contributed by atoms with Crippen LogP contribution in [0.5, 0.6) is 0 Å². The van der Waals surface area contributed by atoms with E-state index in [1.54, 1.807) is 0 Å². The fourth-order valence-electron chi connectivity index (χ4n) is 2.58. The summed E-state index contributed by atoms with van der Waals surface area (Å²) in [5, 5.41) is 0. The summed E-state index contributed by atoms with van der Waals surface area (Å²) >= 11 is 0. The lowest BCUT2D eigenvalue weighted by Gasteiger charge is -2.35. The zero-order valence-electron chi connectivity index (χ0n) is 11.2. The molecule has 0 spiro atoms. The van der Waals surface area contributed by atoms with Gasteiger partial charge in [0.15, 0.2) is 0 Å². The highest BCUT2D eigenvalue weighted by Crippen LogP contribution is 2.27. The number of amides is 1. The summed E-state index contributed by atoms with van der Waals surface area (Å²) in [4.78, 5) is 13.8. The first-order valence-electron chi connectivity index (χ1n) is 6.88. The number of rotatable bonds is 7. The molecule has 1 heterocycles. The predicted molar refractivity (Wildman–Crippen MR) is 68.4 cm³/mol. The Balaban J connectivity index is 2.25. The van der Waals surface area contributed by atoms with Gasteiger partial charge in [-0.25, -0.2) is 0 Å². The van der Waals surface area contributed by atoms with Crippen LogP contribution in [-0.2, 0) is 4.79 Å².